The van der Waals surface area contributed by atoms with Crippen molar-refractivity contribution in [3.8, 4) is 0 Å². The molecule has 3 aromatic rings. The van der Waals surface area contributed by atoms with E-state index >= 15 is 0 Å². The van der Waals surface area contributed by atoms with E-state index < -0.39 is 0 Å². The van der Waals surface area contributed by atoms with Crippen LogP contribution in [0.25, 0.3) is 10.9 Å². The number of nitrogens with zero attached hydrogens (tertiary/aromatic N) is 3. The third kappa shape index (κ3) is 1.98. The van der Waals surface area contributed by atoms with Crippen LogP contribution in [0.15, 0.2) is 42.7 Å². The van der Waals surface area contributed by atoms with Crippen molar-refractivity contribution in [2.24, 2.45) is 0 Å². The second-order valence-electron chi connectivity index (χ2n) is 4.01. The van der Waals surface area contributed by atoms with Crippen molar-refractivity contribution in [3.63, 3.8) is 0 Å². The number of hydrogen-bond donors (Lipinski definition) is 1. The average molecular weight is 256 g/mol. The highest BCUT2D eigenvalue weighted by atomic mass is 32.1. The molecule has 0 bridgehead atoms. The molecule has 0 aliphatic carbocycles. The van der Waals surface area contributed by atoms with Gasteiger partial charge in [0.05, 0.1) is 35.2 Å². The molecule has 0 radical (unpaired) electrons. The molecule has 5 heteroatoms. The van der Waals surface area contributed by atoms with E-state index in [1.165, 1.54) is 11.7 Å². The number of hydrogen-bond acceptors (Lipinski definition) is 5. The lowest BCUT2D eigenvalue weighted by Crippen LogP contribution is -2.17. The third-order valence-corrected chi connectivity index (χ3v) is 3.42. The number of aromatic nitrogens is 3. The van der Waals surface area contributed by atoms with Gasteiger partial charge in [-0.25, -0.2) is 0 Å². The Labute approximate surface area is 109 Å². The summed E-state index contributed by atoms with van der Waals surface area (Å²) in [5.74, 6) is 0. The van der Waals surface area contributed by atoms with Crippen molar-refractivity contribution >= 4 is 22.6 Å². The van der Waals surface area contributed by atoms with Crippen LogP contribution in [0, 0.1) is 0 Å². The van der Waals surface area contributed by atoms with E-state index in [-0.39, 0.29) is 6.04 Å². The molecule has 2 heterocycles. The Morgan fingerprint density at radius 3 is 3.00 bits per heavy atom. The van der Waals surface area contributed by atoms with Gasteiger partial charge in [-0.05, 0) is 24.7 Å². The molecular weight excluding hydrogens is 244 g/mol. The van der Waals surface area contributed by atoms with Gasteiger partial charge < -0.3 is 5.32 Å². The molecule has 0 saturated carbocycles. The summed E-state index contributed by atoms with van der Waals surface area (Å²) < 4.78 is 8.35. The first-order valence-electron chi connectivity index (χ1n) is 5.68. The number of rotatable bonds is 3. The monoisotopic (exact) mass is 256 g/mol. The van der Waals surface area contributed by atoms with Gasteiger partial charge in [0.2, 0.25) is 0 Å². The quantitative estimate of drug-likeness (QED) is 0.781. The Hall–Kier alpha value is -1.85. The molecule has 0 spiro atoms. The smallest absolute Gasteiger partial charge is 0.0957 e. The van der Waals surface area contributed by atoms with E-state index in [0.29, 0.717) is 0 Å². The normalized spacial score (nSPS) is 12.7. The summed E-state index contributed by atoms with van der Waals surface area (Å²) in [6.07, 6.45) is 3.61. The van der Waals surface area contributed by atoms with Crippen molar-refractivity contribution in [1.82, 2.24) is 19.0 Å². The fraction of sp³-hybridized carbons (Fsp3) is 0.154. The Bertz CT molecular complexity index is 651. The van der Waals surface area contributed by atoms with Gasteiger partial charge in [-0.2, -0.15) is 8.75 Å². The maximum Gasteiger partial charge on any atom is 0.0957 e. The lowest BCUT2D eigenvalue weighted by molar-refractivity contribution is 0.678. The second kappa shape index (κ2) is 4.80. The van der Waals surface area contributed by atoms with Crippen molar-refractivity contribution in [1.29, 1.82) is 0 Å². The van der Waals surface area contributed by atoms with Gasteiger partial charge in [-0.3, -0.25) is 4.98 Å². The zero-order chi connectivity index (χ0) is 12.4. The van der Waals surface area contributed by atoms with Crippen LogP contribution in [0.5, 0.6) is 0 Å². The van der Waals surface area contributed by atoms with Gasteiger partial charge >= 0.3 is 0 Å². The Balaban J connectivity index is 2.07. The van der Waals surface area contributed by atoms with E-state index in [1.54, 1.807) is 6.20 Å². The van der Waals surface area contributed by atoms with Crippen molar-refractivity contribution in [3.05, 3.63) is 54.0 Å². The first kappa shape index (κ1) is 11.3. The highest BCUT2D eigenvalue weighted by Crippen LogP contribution is 2.23. The molecule has 18 heavy (non-hydrogen) atoms. The van der Waals surface area contributed by atoms with Crippen LogP contribution in [0.2, 0.25) is 0 Å². The maximum atomic E-state index is 4.38. The molecule has 4 nitrogen and oxygen atoms in total. The molecule has 0 fully saturated rings. The first-order valence-corrected chi connectivity index (χ1v) is 6.41. The zero-order valence-corrected chi connectivity index (χ0v) is 10.7. The fourth-order valence-electron chi connectivity index (χ4n) is 2.05. The molecule has 1 aromatic carbocycles. The van der Waals surface area contributed by atoms with Gasteiger partial charge in [-0.15, -0.1) is 0 Å². The standard InChI is InChI=1S/C13H12N4S/c1-14-13(12-8-16-18-17-12)10-5-4-9-3-2-6-15-11(9)7-10/h2-8,13-14H,1H3. The number of fused-ring (bicyclic) bond motifs is 1. The lowest BCUT2D eigenvalue weighted by atomic mass is 10.0. The third-order valence-electron chi connectivity index (χ3n) is 2.93. The van der Waals surface area contributed by atoms with E-state index in [9.17, 15) is 0 Å². The Morgan fingerprint density at radius 2 is 2.22 bits per heavy atom. The van der Waals surface area contributed by atoms with Gasteiger partial charge in [0, 0.05) is 11.6 Å². The van der Waals surface area contributed by atoms with Crippen molar-refractivity contribution in [2.45, 2.75) is 6.04 Å². The average Bonchev–Trinajstić information content (AvgIpc) is 2.93. The van der Waals surface area contributed by atoms with E-state index in [1.807, 2.05) is 19.3 Å². The Morgan fingerprint density at radius 1 is 1.28 bits per heavy atom. The summed E-state index contributed by atoms with van der Waals surface area (Å²) in [5, 5.41) is 4.41. The summed E-state index contributed by atoms with van der Waals surface area (Å²) in [4.78, 5) is 4.38. The lowest BCUT2D eigenvalue weighted by Gasteiger charge is -2.14. The zero-order valence-electron chi connectivity index (χ0n) is 9.87. The molecular formula is C13H12N4S. The molecule has 1 atom stereocenters. The van der Waals surface area contributed by atoms with Crippen LogP contribution in [-0.2, 0) is 0 Å². The molecule has 3 rings (SSSR count). The first-order chi connectivity index (χ1) is 8.88. The summed E-state index contributed by atoms with van der Waals surface area (Å²) in [6.45, 7) is 0. The SMILES string of the molecule is CNC(c1ccc2cccnc2c1)c1cnsn1. The molecule has 2 aromatic heterocycles. The second-order valence-corrected chi connectivity index (χ2v) is 4.57. The van der Waals surface area contributed by atoms with Crippen LogP contribution in [-0.4, -0.2) is 20.8 Å². The minimum absolute atomic E-state index is 0.0650. The predicted molar refractivity (Wildman–Crippen MR) is 72.6 cm³/mol. The van der Waals surface area contributed by atoms with Crippen LogP contribution in [0.4, 0.5) is 0 Å². The van der Waals surface area contributed by atoms with Crippen LogP contribution in [0.1, 0.15) is 17.3 Å². The highest BCUT2D eigenvalue weighted by Gasteiger charge is 2.14. The minimum Gasteiger partial charge on any atom is -0.308 e. The topological polar surface area (TPSA) is 50.7 Å². The highest BCUT2D eigenvalue weighted by molar-refractivity contribution is 6.99. The molecule has 0 aliphatic heterocycles. The van der Waals surface area contributed by atoms with Crippen molar-refractivity contribution in [2.75, 3.05) is 7.05 Å². The largest absolute Gasteiger partial charge is 0.308 e. The van der Waals surface area contributed by atoms with Crippen LogP contribution in [0.3, 0.4) is 0 Å². The van der Waals surface area contributed by atoms with Gasteiger partial charge in [-0.1, -0.05) is 18.2 Å². The van der Waals surface area contributed by atoms with E-state index in [4.69, 9.17) is 0 Å². The molecule has 0 amide bonds. The van der Waals surface area contributed by atoms with Gasteiger partial charge in [0.15, 0.2) is 0 Å². The summed E-state index contributed by atoms with van der Waals surface area (Å²) in [5.41, 5.74) is 3.09. The summed E-state index contributed by atoms with van der Waals surface area (Å²) >= 11 is 1.23. The predicted octanol–water partition coefficient (Wildman–Crippen LogP) is 2.40. The van der Waals surface area contributed by atoms with E-state index in [0.717, 1.165) is 22.2 Å². The van der Waals surface area contributed by atoms with Gasteiger partial charge in [0.25, 0.3) is 0 Å². The number of pyridine rings is 1. The number of nitrogens with one attached hydrogen (secondary N) is 1. The van der Waals surface area contributed by atoms with Crippen LogP contribution >= 0.6 is 11.7 Å². The summed E-state index contributed by atoms with van der Waals surface area (Å²) in [7, 11) is 1.92. The molecule has 0 saturated heterocycles. The summed E-state index contributed by atoms with van der Waals surface area (Å²) in [6, 6.07) is 10.4. The van der Waals surface area contributed by atoms with Gasteiger partial charge in [0.1, 0.15) is 0 Å². The van der Waals surface area contributed by atoms with Crippen molar-refractivity contribution < 1.29 is 0 Å². The van der Waals surface area contributed by atoms with Crippen LogP contribution < -0.4 is 5.32 Å². The Kier molecular flexibility index (Phi) is 3.00. The molecule has 90 valence electrons. The molecule has 1 N–H and O–H groups in total. The molecule has 0 aliphatic rings. The van der Waals surface area contributed by atoms with E-state index in [2.05, 4.69) is 43.3 Å². The maximum absolute atomic E-state index is 4.38. The minimum atomic E-state index is 0.0650. The molecule has 1 unspecified atom stereocenters. The fourth-order valence-corrected chi connectivity index (χ4v) is 2.50. The number of benzene rings is 1.